The predicted molar refractivity (Wildman–Crippen MR) is 136 cm³/mol. The maximum absolute atomic E-state index is 11.4. The number of hydrogen-bond donors (Lipinski definition) is 4. The average Bonchev–Trinajstić information content (AvgIpc) is 2.79. The molecule has 0 aliphatic heterocycles. The Morgan fingerprint density at radius 1 is 1.00 bits per heavy atom. The monoisotopic (exact) mass is 461 g/mol. The van der Waals surface area contributed by atoms with Gasteiger partial charge < -0.3 is 21.3 Å². The summed E-state index contributed by atoms with van der Waals surface area (Å²) in [4.78, 5) is 15.8. The molecule has 6 nitrogen and oxygen atoms in total. The number of nitrogens with two attached hydrogens (primary N) is 1. The molecule has 0 saturated heterocycles. The maximum Gasteiger partial charge on any atom is 0.404 e. The average molecular weight is 462 g/mol. The molecule has 4 atom stereocenters. The van der Waals surface area contributed by atoms with Crippen molar-refractivity contribution >= 4 is 6.09 Å². The Bertz CT molecular complexity index is 1030. The minimum Gasteiger partial charge on any atom is -0.465 e. The molecule has 180 valence electrons. The lowest BCUT2D eigenvalue weighted by molar-refractivity contribution is 0.0874. The molecule has 0 spiro atoms. The molecule has 34 heavy (non-hydrogen) atoms. The van der Waals surface area contributed by atoms with E-state index in [4.69, 9.17) is 5.73 Å². The van der Waals surface area contributed by atoms with Crippen LogP contribution in [0.25, 0.3) is 11.3 Å². The van der Waals surface area contributed by atoms with Crippen LogP contribution in [-0.2, 0) is 6.42 Å². The van der Waals surface area contributed by atoms with Crippen LogP contribution in [0, 0.1) is 5.41 Å². The van der Waals surface area contributed by atoms with Crippen LogP contribution in [0.5, 0.6) is 0 Å². The standard InChI is InChI=1S/C28H35N3O3/c1-28(2,3)25(21-14-12-20(13-15-21)23-11-7-8-16-30-23)26(29)24(32)18-22(31-27(33)34)17-19-9-5-4-6-10-19/h4-16,22,24-26,31-32H,17-18,29H2,1-3H3,(H,33,34)/t22-,24-,25?,26+/m0/s1. The van der Waals surface area contributed by atoms with Crippen molar-refractivity contribution in [3.05, 3.63) is 90.1 Å². The number of amides is 1. The molecule has 1 aromatic heterocycles. The van der Waals surface area contributed by atoms with Gasteiger partial charge in [0.2, 0.25) is 0 Å². The SMILES string of the molecule is CC(C)(C)C(c1ccc(-c2ccccn2)cc1)[C@H](N)[C@@H](O)C[C@H](Cc1ccccc1)NC(=O)O. The molecular formula is C28H35N3O3. The Hall–Kier alpha value is -3.22. The quantitative estimate of drug-likeness (QED) is 0.365. The Morgan fingerprint density at radius 2 is 1.65 bits per heavy atom. The Labute approximate surface area is 201 Å². The van der Waals surface area contributed by atoms with Crippen LogP contribution < -0.4 is 11.1 Å². The number of nitrogens with zero attached hydrogens (tertiary/aromatic N) is 1. The number of rotatable bonds is 9. The molecule has 1 unspecified atom stereocenters. The molecule has 6 heteroatoms. The van der Waals surface area contributed by atoms with Crippen LogP contribution in [0.15, 0.2) is 79.0 Å². The highest BCUT2D eigenvalue weighted by molar-refractivity contribution is 5.65. The predicted octanol–water partition coefficient (Wildman–Crippen LogP) is 4.84. The summed E-state index contributed by atoms with van der Waals surface area (Å²) in [6, 6.07) is 22.6. The highest BCUT2D eigenvalue weighted by atomic mass is 16.4. The lowest BCUT2D eigenvalue weighted by Gasteiger charge is -2.38. The van der Waals surface area contributed by atoms with Gasteiger partial charge >= 0.3 is 6.09 Å². The van der Waals surface area contributed by atoms with Gasteiger partial charge in [-0.15, -0.1) is 0 Å². The summed E-state index contributed by atoms with van der Waals surface area (Å²) in [5.41, 5.74) is 10.4. The van der Waals surface area contributed by atoms with Crippen molar-refractivity contribution in [2.75, 3.05) is 0 Å². The molecule has 1 heterocycles. The second-order valence-electron chi connectivity index (χ2n) is 9.90. The third kappa shape index (κ3) is 6.89. The molecule has 3 rings (SSSR count). The van der Waals surface area contributed by atoms with E-state index in [0.717, 1.165) is 22.4 Å². The third-order valence-electron chi connectivity index (χ3n) is 6.17. The Morgan fingerprint density at radius 3 is 2.21 bits per heavy atom. The zero-order valence-electron chi connectivity index (χ0n) is 20.1. The number of pyridine rings is 1. The van der Waals surface area contributed by atoms with Crippen molar-refractivity contribution in [1.82, 2.24) is 10.3 Å². The van der Waals surface area contributed by atoms with E-state index in [-0.39, 0.29) is 17.8 Å². The highest BCUT2D eigenvalue weighted by Gasteiger charge is 2.36. The van der Waals surface area contributed by atoms with E-state index in [9.17, 15) is 15.0 Å². The molecule has 2 aromatic carbocycles. The van der Waals surface area contributed by atoms with Crippen LogP contribution in [0.4, 0.5) is 4.79 Å². The summed E-state index contributed by atoms with van der Waals surface area (Å²) >= 11 is 0. The topological polar surface area (TPSA) is 108 Å². The zero-order valence-corrected chi connectivity index (χ0v) is 20.1. The molecule has 0 bridgehead atoms. The van der Waals surface area contributed by atoms with Crippen molar-refractivity contribution < 1.29 is 15.0 Å². The summed E-state index contributed by atoms with van der Waals surface area (Å²) in [6.07, 6.45) is 0.473. The number of nitrogens with one attached hydrogen (secondary N) is 1. The van der Waals surface area contributed by atoms with E-state index >= 15 is 0 Å². The van der Waals surface area contributed by atoms with Gasteiger partial charge in [-0.1, -0.05) is 81.4 Å². The summed E-state index contributed by atoms with van der Waals surface area (Å²) in [6.45, 7) is 6.32. The van der Waals surface area contributed by atoms with Crippen molar-refractivity contribution in [2.45, 2.75) is 57.7 Å². The third-order valence-corrected chi connectivity index (χ3v) is 6.17. The fourth-order valence-electron chi connectivity index (χ4n) is 4.63. The van der Waals surface area contributed by atoms with Gasteiger partial charge in [0.25, 0.3) is 0 Å². The van der Waals surface area contributed by atoms with E-state index in [0.29, 0.717) is 6.42 Å². The van der Waals surface area contributed by atoms with E-state index < -0.39 is 24.3 Å². The second kappa shape index (κ2) is 11.3. The van der Waals surface area contributed by atoms with E-state index in [1.807, 2.05) is 72.8 Å². The Kier molecular flexibility index (Phi) is 8.42. The lowest BCUT2D eigenvalue weighted by atomic mass is 9.70. The molecule has 0 saturated carbocycles. The van der Waals surface area contributed by atoms with Crippen molar-refractivity contribution in [2.24, 2.45) is 11.1 Å². The van der Waals surface area contributed by atoms with Gasteiger partial charge in [-0.3, -0.25) is 4.98 Å². The van der Waals surface area contributed by atoms with E-state index in [2.05, 4.69) is 31.1 Å². The molecule has 0 radical (unpaired) electrons. The number of aromatic nitrogens is 1. The largest absolute Gasteiger partial charge is 0.465 e. The van der Waals surface area contributed by atoms with Crippen LogP contribution in [0.2, 0.25) is 0 Å². The molecular weight excluding hydrogens is 426 g/mol. The first-order valence-corrected chi connectivity index (χ1v) is 11.6. The number of carboxylic acid groups (broad SMARTS) is 1. The summed E-state index contributed by atoms with van der Waals surface area (Å²) in [7, 11) is 0. The summed E-state index contributed by atoms with van der Waals surface area (Å²) in [5, 5.41) is 23.0. The van der Waals surface area contributed by atoms with E-state index in [1.54, 1.807) is 6.20 Å². The number of carbonyl (C=O) groups is 1. The molecule has 1 amide bonds. The second-order valence-corrected chi connectivity index (χ2v) is 9.90. The molecule has 0 aliphatic rings. The molecule has 3 aromatic rings. The fourth-order valence-corrected chi connectivity index (χ4v) is 4.63. The normalized spacial score (nSPS) is 15.2. The van der Waals surface area contributed by atoms with Gasteiger partial charge in [-0.2, -0.15) is 0 Å². The fraction of sp³-hybridized carbons (Fsp3) is 0.357. The minimum atomic E-state index is -1.11. The van der Waals surface area contributed by atoms with Crippen LogP contribution in [-0.4, -0.2) is 39.5 Å². The van der Waals surface area contributed by atoms with E-state index in [1.165, 1.54) is 0 Å². The van der Waals surface area contributed by atoms with Crippen LogP contribution in [0.3, 0.4) is 0 Å². The van der Waals surface area contributed by atoms with Gasteiger partial charge in [0, 0.05) is 29.8 Å². The van der Waals surface area contributed by atoms with Gasteiger partial charge in [-0.05, 0) is 41.5 Å². The minimum absolute atomic E-state index is 0.137. The first-order chi connectivity index (χ1) is 16.1. The van der Waals surface area contributed by atoms with Gasteiger partial charge in [0.15, 0.2) is 0 Å². The van der Waals surface area contributed by atoms with Crippen LogP contribution in [0.1, 0.15) is 44.2 Å². The van der Waals surface area contributed by atoms with Crippen molar-refractivity contribution in [1.29, 1.82) is 0 Å². The number of hydrogen-bond acceptors (Lipinski definition) is 4. The maximum atomic E-state index is 11.4. The highest BCUT2D eigenvalue weighted by Crippen LogP contribution is 2.39. The molecule has 0 fully saturated rings. The molecule has 5 N–H and O–H groups in total. The number of aliphatic hydroxyl groups excluding tert-OH is 1. The first-order valence-electron chi connectivity index (χ1n) is 11.6. The van der Waals surface area contributed by atoms with Gasteiger partial charge in [-0.25, -0.2) is 4.79 Å². The molecule has 0 aliphatic carbocycles. The smallest absolute Gasteiger partial charge is 0.404 e. The van der Waals surface area contributed by atoms with Crippen molar-refractivity contribution in [3.8, 4) is 11.3 Å². The Balaban J connectivity index is 1.79. The van der Waals surface area contributed by atoms with Gasteiger partial charge in [0.1, 0.15) is 0 Å². The summed E-state index contributed by atoms with van der Waals surface area (Å²) in [5.74, 6) is -0.137. The number of aliphatic hydroxyl groups is 1. The van der Waals surface area contributed by atoms with Crippen molar-refractivity contribution in [3.63, 3.8) is 0 Å². The number of benzene rings is 2. The van der Waals surface area contributed by atoms with Gasteiger partial charge in [0.05, 0.1) is 11.8 Å². The first kappa shape index (κ1) is 25.4. The van der Waals surface area contributed by atoms with Crippen LogP contribution >= 0.6 is 0 Å². The lowest BCUT2D eigenvalue weighted by Crippen LogP contribution is -2.48. The zero-order chi connectivity index (χ0) is 24.7. The summed E-state index contributed by atoms with van der Waals surface area (Å²) < 4.78 is 0.